The van der Waals surface area contributed by atoms with Gasteiger partial charge in [0.1, 0.15) is 5.75 Å². The molecule has 130 valence electrons. The highest BCUT2D eigenvalue weighted by Crippen LogP contribution is 2.45. The molecule has 1 aromatic carbocycles. The molecule has 23 heavy (non-hydrogen) atoms. The molecule has 7 nitrogen and oxygen atoms in total. The monoisotopic (exact) mass is 346 g/mol. The fraction of sp³-hybridized carbons (Fsp3) is 0.533. The molecule has 0 aliphatic rings. The Kier molecular flexibility index (Phi) is 6.36. The quantitative estimate of drug-likeness (QED) is 0.444. The van der Waals surface area contributed by atoms with Crippen LogP contribution >= 0.6 is 7.82 Å². The van der Waals surface area contributed by atoms with Crippen LogP contribution in [0.4, 0.5) is 0 Å². The van der Waals surface area contributed by atoms with Crippen LogP contribution in [0.15, 0.2) is 12.1 Å². The molecule has 0 spiro atoms. The highest BCUT2D eigenvalue weighted by molar-refractivity contribution is 7.46. The van der Waals surface area contributed by atoms with Crippen LogP contribution in [0.3, 0.4) is 0 Å². The van der Waals surface area contributed by atoms with E-state index < -0.39 is 19.2 Å². The smallest absolute Gasteiger partial charge is 0.438 e. The number of benzene rings is 1. The minimum Gasteiger partial charge on any atom is -0.438 e. The molecular weight excluding hydrogens is 323 g/mol. The molecule has 0 aliphatic heterocycles. The predicted octanol–water partition coefficient (Wildman–Crippen LogP) is 2.59. The number of rotatable bonds is 7. The number of carbonyl (C=O) groups is 1. The Balaban J connectivity index is 3.22. The van der Waals surface area contributed by atoms with Crippen LogP contribution in [0.5, 0.6) is 5.75 Å². The fourth-order valence-electron chi connectivity index (χ4n) is 2.62. The summed E-state index contributed by atoms with van der Waals surface area (Å²) in [5.74, 6) is -0.403. The summed E-state index contributed by atoms with van der Waals surface area (Å²) >= 11 is 0. The van der Waals surface area contributed by atoms with Crippen molar-refractivity contribution in [2.24, 2.45) is 0 Å². The second kappa shape index (κ2) is 7.45. The van der Waals surface area contributed by atoms with Gasteiger partial charge in [0.2, 0.25) is 0 Å². The summed E-state index contributed by atoms with van der Waals surface area (Å²) < 4.78 is 25.7. The molecule has 0 amide bonds. The van der Waals surface area contributed by atoms with Crippen molar-refractivity contribution in [3.63, 3.8) is 0 Å². The second-order valence-corrected chi connectivity index (χ2v) is 7.18. The van der Waals surface area contributed by atoms with Crippen LogP contribution in [0, 0.1) is 13.8 Å². The summed E-state index contributed by atoms with van der Waals surface area (Å²) in [4.78, 5) is 30.1. The van der Waals surface area contributed by atoms with Gasteiger partial charge in [-0.3, -0.25) is 14.6 Å². The number of phosphoric acid groups is 1. The SMILES string of the molecule is COCOC(=O)CC(C)(C)c1c(C)cc(C)cc1OP(=O)(O)O. The number of hydrogen-bond acceptors (Lipinski definition) is 5. The van der Waals surface area contributed by atoms with Gasteiger partial charge in [0, 0.05) is 18.1 Å². The Labute approximate surface area is 135 Å². The third-order valence-corrected chi connectivity index (χ3v) is 3.70. The molecule has 0 aromatic heterocycles. The van der Waals surface area contributed by atoms with E-state index in [1.807, 2.05) is 6.07 Å². The Bertz CT molecular complexity index is 618. The van der Waals surface area contributed by atoms with Gasteiger partial charge in [0.25, 0.3) is 0 Å². The van der Waals surface area contributed by atoms with Gasteiger partial charge < -0.3 is 14.0 Å². The van der Waals surface area contributed by atoms with Gasteiger partial charge in [0.05, 0.1) is 6.42 Å². The average molecular weight is 346 g/mol. The van der Waals surface area contributed by atoms with Gasteiger partial charge in [-0.25, -0.2) is 4.57 Å². The summed E-state index contributed by atoms with van der Waals surface area (Å²) in [5, 5.41) is 0. The van der Waals surface area contributed by atoms with Gasteiger partial charge >= 0.3 is 13.8 Å². The Morgan fingerprint density at radius 2 is 1.87 bits per heavy atom. The lowest BCUT2D eigenvalue weighted by Crippen LogP contribution is -2.25. The molecule has 0 fully saturated rings. The summed E-state index contributed by atoms with van der Waals surface area (Å²) in [5.41, 5.74) is 1.39. The van der Waals surface area contributed by atoms with Crippen molar-refractivity contribution in [1.82, 2.24) is 0 Å². The molecule has 1 rings (SSSR count). The van der Waals surface area contributed by atoms with Gasteiger partial charge in [-0.2, -0.15) is 0 Å². The first-order chi connectivity index (χ1) is 10.5. The first-order valence-corrected chi connectivity index (χ1v) is 8.51. The van der Waals surface area contributed by atoms with E-state index in [2.05, 4.69) is 0 Å². The van der Waals surface area contributed by atoms with Crippen molar-refractivity contribution in [2.45, 2.75) is 39.5 Å². The maximum atomic E-state index is 11.9. The summed E-state index contributed by atoms with van der Waals surface area (Å²) in [6, 6.07) is 3.41. The van der Waals surface area contributed by atoms with Crippen molar-refractivity contribution in [3.05, 3.63) is 28.8 Å². The van der Waals surface area contributed by atoms with Crippen LogP contribution in [0.2, 0.25) is 0 Å². The van der Waals surface area contributed by atoms with Crippen LogP contribution in [-0.4, -0.2) is 29.7 Å². The van der Waals surface area contributed by atoms with Gasteiger partial charge in [0.15, 0.2) is 6.79 Å². The zero-order chi connectivity index (χ0) is 17.8. The van der Waals surface area contributed by atoms with Crippen molar-refractivity contribution >= 4 is 13.8 Å². The van der Waals surface area contributed by atoms with E-state index in [0.717, 1.165) is 11.1 Å². The van der Waals surface area contributed by atoms with E-state index in [4.69, 9.17) is 23.8 Å². The van der Waals surface area contributed by atoms with Crippen molar-refractivity contribution in [1.29, 1.82) is 0 Å². The van der Waals surface area contributed by atoms with E-state index in [0.29, 0.717) is 5.56 Å². The third-order valence-electron chi connectivity index (χ3n) is 3.26. The predicted molar refractivity (Wildman–Crippen MR) is 84.2 cm³/mol. The van der Waals surface area contributed by atoms with Crippen LogP contribution < -0.4 is 4.52 Å². The minimum absolute atomic E-state index is 0.0117. The Morgan fingerprint density at radius 1 is 1.26 bits per heavy atom. The first kappa shape index (κ1) is 19.6. The number of ether oxygens (including phenoxy) is 2. The lowest BCUT2D eigenvalue weighted by atomic mass is 9.78. The fourth-order valence-corrected chi connectivity index (χ4v) is 3.02. The minimum atomic E-state index is -4.71. The Morgan fingerprint density at radius 3 is 2.39 bits per heavy atom. The van der Waals surface area contributed by atoms with Gasteiger partial charge in [-0.15, -0.1) is 0 Å². The molecule has 0 bridgehead atoms. The van der Waals surface area contributed by atoms with Crippen molar-refractivity contribution < 1.29 is 33.1 Å². The zero-order valence-electron chi connectivity index (χ0n) is 14.0. The largest absolute Gasteiger partial charge is 0.524 e. The molecule has 0 saturated carbocycles. The third kappa shape index (κ3) is 5.95. The van der Waals surface area contributed by atoms with Crippen LogP contribution in [0.25, 0.3) is 0 Å². The molecular formula is C15H23O7P. The summed E-state index contributed by atoms with van der Waals surface area (Å²) in [6.45, 7) is 7.02. The first-order valence-electron chi connectivity index (χ1n) is 6.97. The van der Waals surface area contributed by atoms with Crippen molar-refractivity contribution in [2.75, 3.05) is 13.9 Å². The zero-order valence-corrected chi connectivity index (χ0v) is 14.8. The number of phosphoric ester groups is 1. The standard InChI is InChI=1S/C15H23O7P/c1-10-6-11(2)14(12(7-10)22-23(17,18)19)15(3,4)8-13(16)21-9-20-5/h6-7H,8-9H2,1-5H3,(H2,17,18,19). The number of aryl methyl sites for hydroxylation is 2. The molecule has 8 heteroatoms. The molecule has 0 radical (unpaired) electrons. The summed E-state index contributed by atoms with van der Waals surface area (Å²) in [7, 11) is -3.30. The number of esters is 1. The maximum absolute atomic E-state index is 11.9. The lowest BCUT2D eigenvalue weighted by molar-refractivity contribution is -0.155. The normalized spacial score (nSPS) is 12.1. The molecule has 2 N–H and O–H groups in total. The van der Waals surface area contributed by atoms with E-state index in [1.54, 1.807) is 33.8 Å². The molecule has 1 aromatic rings. The highest BCUT2D eigenvalue weighted by Gasteiger charge is 2.32. The molecule has 0 unspecified atom stereocenters. The number of methoxy groups -OCH3 is 1. The van der Waals surface area contributed by atoms with Crippen LogP contribution in [-0.2, 0) is 24.2 Å². The van der Waals surface area contributed by atoms with E-state index >= 15 is 0 Å². The Hall–Kier alpha value is -1.40. The number of hydrogen-bond donors (Lipinski definition) is 2. The highest BCUT2D eigenvalue weighted by atomic mass is 31.2. The van der Waals surface area contributed by atoms with Gasteiger partial charge in [-0.1, -0.05) is 19.9 Å². The number of carbonyl (C=O) groups excluding carboxylic acids is 1. The lowest BCUT2D eigenvalue weighted by Gasteiger charge is -2.29. The van der Waals surface area contributed by atoms with E-state index in [1.165, 1.54) is 7.11 Å². The topological polar surface area (TPSA) is 102 Å². The molecule has 0 heterocycles. The molecule has 0 atom stereocenters. The molecule has 0 saturated heterocycles. The second-order valence-electron chi connectivity index (χ2n) is 6.02. The van der Waals surface area contributed by atoms with Gasteiger partial charge in [-0.05, 0) is 31.0 Å². The molecule has 0 aliphatic carbocycles. The summed E-state index contributed by atoms with van der Waals surface area (Å²) in [6.07, 6.45) is 0.0117. The van der Waals surface area contributed by atoms with Crippen molar-refractivity contribution in [3.8, 4) is 5.75 Å². The van der Waals surface area contributed by atoms with E-state index in [9.17, 15) is 9.36 Å². The maximum Gasteiger partial charge on any atom is 0.524 e. The van der Waals surface area contributed by atoms with E-state index in [-0.39, 0.29) is 19.0 Å². The van der Waals surface area contributed by atoms with Crippen LogP contribution in [0.1, 0.15) is 37.0 Å². The average Bonchev–Trinajstić information content (AvgIpc) is 2.31.